The Morgan fingerprint density at radius 3 is 2.35 bits per heavy atom. The van der Waals surface area contributed by atoms with Gasteiger partial charge in [-0.05, 0) is 30.0 Å². The molecule has 20 heavy (non-hydrogen) atoms. The Labute approximate surface area is 126 Å². The first-order valence-corrected chi connectivity index (χ1v) is 7.63. The van der Waals surface area contributed by atoms with Crippen molar-refractivity contribution in [3.8, 4) is 11.5 Å². The summed E-state index contributed by atoms with van der Waals surface area (Å²) < 4.78 is 11.3. The molecule has 0 saturated heterocycles. The molecular weight excluding hydrogens is 274 g/mol. The normalized spacial score (nSPS) is 16.1. The van der Waals surface area contributed by atoms with Gasteiger partial charge in [-0.15, -0.1) is 0 Å². The highest BCUT2D eigenvalue weighted by Gasteiger charge is 2.29. The van der Waals surface area contributed by atoms with E-state index in [1.54, 1.807) is 0 Å². The predicted molar refractivity (Wildman–Crippen MR) is 82.9 cm³/mol. The lowest BCUT2D eigenvalue weighted by Gasteiger charge is -2.33. The molecule has 0 bridgehead atoms. The molecule has 4 heteroatoms. The number of fused-ring (bicyclic) bond motifs is 1. The number of benzene rings is 1. The van der Waals surface area contributed by atoms with Crippen molar-refractivity contribution in [2.45, 2.75) is 40.2 Å². The van der Waals surface area contributed by atoms with Crippen molar-refractivity contribution in [1.82, 2.24) is 5.32 Å². The summed E-state index contributed by atoms with van der Waals surface area (Å²) in [7, 11) is 0. The van der Waals surface area contributed by atoms with Crippen molar-refractivity contribution in [3.63, 3.8) is 0 Å². The van der Waals surface area contributed by atoms with E-state index >= 15 is 0 Å². The minimum absolute atomic E-state index is 0.0720. The summed E-state index contributed by atoms with van der Waals surface area (Å²) >= 11 is 6.47. The van der Waals surface area contributed by atoms with E-state index in [2.05, 4.69) is 33.0 Å². The van der Waals surface area contributed by atoms with Gasteiger partial charge >= 0.3 is 0 Å². The highest BCUT2D eigenvalue weighted by Crippen LogP contribution is 2.42. The van der Waals surface area contributed by atoms with Crippen LogP contribution in [0.25, 0.3) is 0 Å². The maximum atomic E-state index is 6.47. The maximum absolute atomic E-state index is 6.47. The van der Waals surface area contributed by atoms with E-state index in [0.29, 0.717) is 13.2 Å². The highest BCUT2D eigenvalue weighted by molar-refractivity contribution is 6.31. The topological polar surface area (TPSA) is 30.5 Å². The quantitative estimate of drug-likeness (QED) is 0.903. The molecule has 0 amide bonds. The fourth-order valence-electron chi connectivity index (χ4n) is 2.47. The second-order valence-corrected chi connectivity index (χ2v) is 6.68. The van der Waals surface area contributed by atoms with Gasteiger partial charge in [-0.3, -0.25) is 0 Å². The van der Waals surface area contributed by atoms with Gasteiger partial charge < -0.3 is 14.8 Å². The van der Waals surface area contributed by atoms with Crippen LogP contribution in [0.3, 0.4) is 0 Å². The Balaban J connectivity index is 2.37. The van der Waals surface area contributed by atoms with E-state index in [-0.39, 0.29) is 11.5 Å². The van der Waals surface area contributed by atoms with Crippen LogP contribution in [0.4, 0.5) is 0 Å². The fourth-order valence-corrected chi connectivity index (χ4v) is 2.74. The number of rotatable bonds is 4. The van der Waals surface area contributed by atoms with E-state index in [1.165, 1.54) is 0 Å². The number of hydrogen-bond donors (Lipinski definition) is 1. The van der Waals surface area contributed by atoms with Crippen LogP contribution in [0.15, 0.2) is 12.1 Å². The average molecular weight is 298 g/mol. The smallest absolute Gasteiger partial charge is 0.162 e. The molecule has 1 aliphatic heterocycles. The van der Waals surface area contributed by atoms with Crippen molar-refractivity contribution in [2.75, 3.05) is 19.8 Å². The van der Waals surface area contributed by atoms with Crippen LogP contribution in [0.2, 0.25) is 5.02 Å². The minimum Gasteiger partial charge on any atom is -0.486 e. The summed E-state index contributed by atoms with van der Waals surface area (Å²) in [5, 5.41) is 4.33. The summed E-state index contributed by atoms with van der Waals surface area (Å²) in [6.07, 6.45) is 1.09. The minimum atomic E-state index is 0.0720. The summed E-state index contributed by atoms with van der Waals surface area (Å²) in [5.41, 5.74) is 1.15. The van der Waals surface area contributed by atoms with Gasteiger partial charge in [0, 0.05) is 17.1 Å². The molecular formula is C16H24ClNO2. The monoisotopic (exact) mass is 297 g/mol. The Morgan fingerprint density at radius 1 is 1.20 bits per heavy atom. The molecule has 1 heterocycles. The number of nitrogens with one attached hydrogen (secondary N) is 1. The third-order valence-electron chi connectivity index (χ3n) is 3.44. The molecule has 1 unspecified atom stereocenters. The van der Waals surface area contributed by atoms with Crippen LogP contribution in [0.1, 0.15) is 45.7 Å². The van der Waals surface area contributed by atoms with Crippen LogP contribution < -0.4 is 14.8 Å². The van der Waals surface area contributed by atoms with Crippen LogP contribution >= 0.6 is 11.6 Å². The van der Waals surface area contributed by atoms with Gasteiger partial charge in [0.15, 0.2) is 11.5 Å². The zero-order valence-electron chi connectivity index (χ0n) is 12.8. The Hall–Kier alpha value is -0.930. The van der Waals surface area contributed by atoms with Crippen LogP contribution in [-0.4, -0.2) is 19.8 Å². The molecule has 112 valence electrons. The molecule has 0 fully saturated rings. The van der Waals surface area contributed by atoms with Crippen molar-refractivity contribution in [3.05, 3.63) is 22.7 Å². The molecule has 1 aromatic carbocycles. The van der Waals surface area contributed by atoms with Gasteiger partial charge in [0.05, 0.1) is 0 Å². The Kier molecular flexibility index (Phi) is 4.82. The van der Waals surface area contributed by atoms with Gasteiger partial charge in [0.1, 0.15) is 13.2 Å². The predicted octanol–water partition coefficient (Wildman–Crippen LogP) is 4.20. The zero-order chi connectivity index (χ0) is 14.8. The van der Waals surface area contributed by atoms with Crippen LogP contribution in [0.5, 0.6) is 11.5 Å². The second-order valence-electron chi connectivity index (χ2n) is 6.27. The lowest BCUT2D eigenvalue weighted by molar-refractivity contribution is 0.170. The third-order valence-corrected chi connectivity index (χ3v) is 3.76. The first kappa shape index (κ1) is 15.5. The first-order chi connectivity index (χ1) is 9.43. The average Bonchev–Trinajstić information content (AvgIpc) is 2.38. The van der Waals surface area contributed by atoms with E-state index in [1.807, 2.05) is 12.1 Å². The molecule has 0 saturated carbocycles. The van der Waals surface area contributed by atoms with Crippen molar-refractivity contribution in [1.29, 1.82) is 0 Å². The van der Waals surface area contributed by atoms with Crippen LogP contribution in [-0.2, 0) is 0 Å². The molecule has 0 aromatic heterocycles. The summed E-state index contributed by atoms with van der Waals surface area (Å²) in [6, 6.07) is 4.08. The van der Waals surface area contributed by atoms with E-state index < -0.39 is 0 Å². The van der Waals surface area contributed by atoms with E-state index in [4.69, 9.17) is 21.1 Å². The zero-order valence-corrected chi connectivity index (χ0v) is 13.5. The van der Waals surface area contributed by atoms with Gasteiger partial charge in [0.2, 0.25) is 0 Å². The summed E-state index contributed by atoms with van der Waals surface area (Å²) in [4.78, 5) is 0. The van der Waals surface area contributed by atoms with Gasteiger partial charge in [-0.1, -0.05) is 39.3 Å². The standard InChI is InChI=1S/C16H24ClNO2/c1-5-6-18-15(16(2,3)4)11-9-13-14(10-12(11)17)20-8-7-19-13/h9-10,15,18H,5-8H2,1-4H3. The molecule has 0 radical (unpaired) electrons. The molecule has 1 aliphatic rings. The lowest BCUT2D eigenvalue weighted by Crippen LogP contribution is -2.33. The molecule has 1 aromatic rings. The molecule has 0 aliphatic carbocycles. The van der Waals surface area contributed by atoms with Crippen molar-refractivity contribution >= 4 is 11.6 Å². The highest BCUT2D eigenvalue weighted by atomic mass is 35.5. The third kappa shape index (κ3) is 3.39. The molecule has 1 N–H and O–H groups in total. The molecule has 3 nitrogen and oxygen atoms in total. The van der Waals surface area contributed by atoms with Crippen LogP contribution in [0, 0.1) is 5.41 Å². The van der Waals surface area contributed by atoms with Crippen molar-refractivity contribution < 1.29 is 9.47 Å². The van der Waals surface area contributed by atoms with Gasteiger partial charge in [-0.2, -0.15) is 0 Å². The van der Waals surface area contributed by atoms with Gasteiger partial charge in [0.25, 0.3) is 0 Å². The number of ether oxygens (including phenoxy) is 2. The molecule has 2 rings (SSSR count). The summed E-state index contributed by atoms with van der Waals surface area (Å²) in [6.45, 7) is 11.0. The van der Waals surface area contributed by atoms with E-state index in [9.17, 15) is 0 Å². The van der Waals surface area contributed by atoms with Crippen molar-refractivity contribution in [2.24, 2.45) is 5.41 Å². The summed E-state index contributed by atoms with van der Waals surface area (Å²) in [5.74, 6) is 1.54. The number of halogens is 1. The Morgan fingerprint density at radius 2 is 1.80 bits per heavy atom. The van der Waals surface area contributed by atoms with Gasteiger partial charge in [-0.25, -0.2) is 0 Å². The first-order valence-electron chi connectivity index (χ1n) is 7.26. The Bertz CT molecular complexity index is 468. The maximum Gasteiger partial charge on any atom is 0.162 e. The van der Waals surface area contributed by atoms with E-state index in [0.717, 1.165) is 35.1 Å². The number of hydrogen-bond acceptors (Lipinski definition) is 3. The lowest BCUT2D eigenvalue weighted by atomic mass is 9.82. The second kappa shape index (κ2) is 6.23. The largest absolute Gasteiger partial charge is 0.486 e. The molecule has 1 atom stereocenters. The SMILES string of the molecule is CCCNC(c1cc2c(cc1Cl)OCCO2)C(C)(C)C. The molecule has 0 spiro atoms. The fraction of sp³-hybridized carbons (Fsp3) is 0.625.